The van der Waals surface area contributed by atoms with Crippen molar-refractivity contribution in [2.24, 2.45) is 5.92 Å². The van der Waals surface area contributed by atoms with Crippen LogP contribution in [-0.2, 0) is 9.84 Å². The van der Waals surface area contributed by atoms with Gasteiger partial charge in [0.2, 0.25) is 0 Å². The third-order valence-electron chi connectivity index (χ3n) is 2.69. The largest absolute Gasteiger partial charge is 0.313 e. The van der Waals surface area contributed by atoms with E-state index in [0.29, 0.717) is 5.92 Å². The Morgan fingerprint density at radius 2 is 2.20 bits per heavy atom. The molecule has 1 N–H and O–H groups in total. The summed E-state index contributed by atoms with van der Waals surface area (Å²) in [5.74, 6) is 0.909. The lowest BCUT2D eigenvalue weighted by molar-refractivity contribution is 0.420. The van der Waals surface area contributed by atoms with Gasteiger partial charge in [-0.25, -0.2) is 8.42 Å². The van der Waals surface area contributed by atoms with Gasteiger partial charge in [-0.2, -0.15) is 0 Å². The average Bonchev–Trinajstić information content (AvgIpc) is 2.14. The molecule has 0 fully saturated rings. The zero-order chi connectivity index (χ0) is 11.3. The van der Waals surface area contributed by atoms with E-state index in [1.165, 1.54) is 12.7 Å². The van der Waals surface area contributed by atoms with Crippen molar-refractivity contribution < 1.29 is 8.42 Å². The Kier molecular flexibility index (Phi) is 4.80. The lowest BCUT2D eigenvalue weighted by Gasteiger charge is -2.21. The molecule has 3 nitrogen and oxygen atoms in total. The standard InChI is InChI=1S/C11H21NO2S/c1-10(9-15(2,13)14)12-8-11-6-4-3-5-7-11/h3-4,10-12H,5-9H2,1-2H3. The van der Waals surface area contributed by atoms with Gasteiger partial charge >= 0.3 is 0 Å². The van der Waals surface area contributed by atoms with Crippen LogP contribution in [-0.4, -0.2) is 33.0 Å². The smallest absolute Gasteiger partial charge is 0.148 e. The molecule has 1 aliphatic rings. The first-order valence-electron chi connectivity index (χ1n) is 5.53. The van der Waals surface area contributed by atoms with Gasteiger partial charge in [-0.05, 0) is 38.6 Å². The normalized spacial score (nSPS) is 24.0. The third-order valence-corrected chi connectivity index (χ3v) is 3.79. The van der Waals surface area contributed by atoms with Crippen LogP contribution in [0.2, 0.25) is 0 Å². The van der Waals surface area contributed by atoms with Crippen LogP contribution < -0.4 is 5.32 Å². The van der Waals surface area contributed by atoms with Crippen LogP contribution in [0.25, 0.3) is 0 Å². The zero-order valence-electron chi connectivity index (χ0n) is 9.57. The summed E-state index contributed by atoms with van der Waals surface area (Å²) < 4.78 is 22.1. The molecule has 0 heterocycles. The van der Waals surface area contributed by atoms with Crippen LogP contribution in [0.5, 0.6) is 0 Å². The number of nitrogens with one attached hydrogen (secondary N) is 1. The minimum absolute atomic E-state index is 0.0610. The number of rotatable bonds is 5. The molecule has 88 valence electrons. The van der Waals surface area contributed by atoms with Crippen LogP contribution >= 0.6 is 0 Å². The van der Waals surface area contributed by atoms with Crippen molar-refractivity contribution in [3.8, 4) is 0 Å². The summed E-state index contributed by atoms with van der Waals surface area (Å²) in [5, 5.41) is 3.30. The first-order valence-corrected chi connectivity index (χ1v) is 7.59. The van der Waals surface area contributed by atoms with Crippen molar-refractivity contribution in [1.82, 2.24) is 5.32 Å². The number of hydrogen-bond acceptors (Lipinski definition) is 3. The fraction of sp³-hybridized carbons (Fsp3) is 0.818. The van der Waals surface area contributed by atoms with Crippen molar-refractivity contribution in [1.29, 1.82) is 0 Å². The molecule has 0 bridgehead atoms. The minimum atomic E-state index is -2.85. The van der Waals surface area contributed by atoms with E-state index in [1.54, 1.807) is 0 Å². The van der Waals surface area contributed by atoms with Gasteiger partial charge in [-0.1, -0.05) is 12.2 Å². The molecule has 1 rings (SSSR count). The van der Waals surface area contributed by atoms with Crippen LogP contribution in [0.15, 0.2) is 12.2 Å². The SMILES string of the molecule is CC(CS(C)(=O)=O)NCC1CC=CCC1. The predicted octanol–water partition coefficient (Wildman–Crippen LogP) is 1.37. The van der Waals surface area contributed by atoms with Crippen LogP contribution in [0.1, 0.15) is 26.2 Å². The quantitative estimate of drug-likeness (QED) is 0.727. The van der Waals surface area contributed by atoms with Crippen molar-refractivity contribution >= 4 is 9.84 Å². The highest BCUT2D eigenvalue weighted by Gasteiger charge is 2.13. The summed E-state index contributed by atoms with van der Waals surface area (Å²) in [6, 6.07) is 0.0610. The first-order chi connectivity index (χ1) is 6.97. The van der Waals surface area contributed by atoms with E-state index in [-0.39, 0.29) is 11.8 Å². The van der Waals surface area contributed by atoms with Gasteiger partial charge in [0.15, 0.2) is 0 Å². The lowest BCUT2D eigenvalue weighted by atomic mass is 9.94. The fourth-order valence-electron chi connectivity index (χ4n) is 1.92. The molecule has 0 amide bonds. The molecule has 15 heavy (non-hydrogen) atoms. The summed E-state index contributed by atoms with van der Waals surface area (Å²) in [5.41, 5.74) is 0. The Morgan fingerprint density at radius 3 is 2.73 bits per heavy atom. The predicted molar refractivity (Wildman–Crippen MR) is 63.7 cm³/mol. The topological polar surface area (TPSA) is 46.2 Å². The van der Waals surface area contributed by atoms with Crippen molar-refractivity contribution in [2.45, 2.75) is 32.2 Å². The molecule has 4 heteroatoms. The van der Waals surface area contributed by atoms with Crippen LogP contribution in [0.4, 0.5) is 0 Å². The Hall–Kier alpha value is -0.350. The summed E-state index contributed by atoms with van der Waals surface area (Å²) in [6.07, 6.45) is 9.22. The molecule has 1 aliphatic carbocycles. The molecule has 0 aromatic rings. The molecule has 0 radical (unpaired) electrons. The van der Waals surface area contributed by atoms with E-state index in [0.717, 1.165) is 19.4 Å². The fourth-order valence-corrected chi connectivity index (χ4v) is 2.95. The van der Waals surface area contributed by atoms with E-state index in [9.17, 15) is 8.42 Å². The highest BCUT2D eigenvalue weighted by atomic mass is 32.2. The molecule has 0 aromatic heterocycles. The Morgan fingerprint density at radius 1 is 1.47 bits per heavy atom. The van der Waals surface area contributed by atoms with E-state index in [1.807, 2.05) is 6.92 Å². The Balaban J connectivity index is 2.21. The van der Waals surface area contributed by atoms with E-state index >= 15 is 0 Å². The first kappa shape index (κ1) is 12.7. The van der Waals surface area contributed by atoms with E-state index in [4.69, 9.17) is 0 Å². The molecule has 0 saturated heterocycles. The van der Waals surface area contributed by atoms with Gasteiger partial charge < -0.3 is 5.32 Å². The Bertz CT molecular complexity index is 309. The number of allylic oxidation sites excluding steroid dienone is 2. The van der Waals surface area contributed by atoms with Crippen molar-refractivity contribution in [3.05, 3.63) is 12.2 Å². The summed E-state index contributed by atoms with van der Waals surface area (Å²) in [7, 11) is -2.85. The number of hydrogen-bond donors (Lipinski definition) is 1. The highest BCUT2D eigenvalue weighted by Crippen LogP contribution is 2.16. The summed E-state index contributed by atoms with van der Waals surface area (Å²) >= 11 is 0. The van der Waals surface area contributed by atoms with Gasteiger partial charge in [-0.15, -0.1) is 0 Å². The molecule has 0 spiro atoms. The van der Waals surface area contributed by atoms with Gasteiger partial charge in [0.25, 0.3) is 0 Å². The highest BCUT2D eigenvalue weighted by molar-refractivity contribution is 7.90. The van der Waals surface area contributed by atoms with Crippen LogP contribution in [0, 0.1) is 5.92 Å². The average molecular weight is 231 g/mol. The third kappa shape index (κ3) is 5.95. The van der Waals surface area contributed by atoms with Crippen molar-refractivity contribution in [3.63, 3.8) is 0 Å². The van der Waals surface area contributed by atoms with Gasteiger partial charge in [0.1, 0.15) is 9.84 Å². The maximum Gasteiger partial charge on any atom is 0.148 e. The lowest BCUT2D eigenvalue weighted by Crippen LogP contribution is -2.36. The second-order valence-corrected chi connectivity index (χ2v) is 6.74. The molecular formula is C11H21NO2S. The molecule has 2 unspecified atom stereocenters. The monoisotopic (exact) mass is 231 g/mol. The maximum atomic E-state index is 11.0. The zero-order valence-corrected chi connectivity index (χ0v) is 10.4. The molecule has 2 atom stereocenters. The van der Waals surface area contributed by atoms with E-state index in [2.05, 4.69) is 17.5 Å². The second kappa shape index (κ2) is 5.66. The van der Waals surface area contributed by atoms with E-state index < -0.39 is 9.84 Å². The second-order valence-electron chi connectivity index (χ2n) is 4.55. The van der Waals surface area contributed by atoms with Crippen LogP contribution in [0.3, 0.4) is 0 Å². The molecule has 0 aliphatic heterocycles. The molecule has 0 aromatic carbocycles. The van der Waals surface area contributed by atoms with Gasteiger partial charge in [0.05, 0.1) is 5.75 Å². The van der Waals surface area contributed by atoms with Crippen molar-refractivity contribution in [2.75, 3.05) is 18.6 Å². The summed E-state index contributed by atoms with van der Waals surface area (Å²) in [4.78, 5) is 0. The Labute approximate surface area is 92.9 Å². The number of sulfone groups is 1. The maximum absolute atomic E-state index is 11.0. The molecular weight excluding hydrogens is 210 g/mol. The summed E-state index contributed by atoms with van der Waals surface area (Å²) in [6.45, 7) is 2.86. The van der Waals surface area contributed by atoms with Gasteiger partial charge in [-0.3, -0.25) is 0 Å². The van der Waals surface area contributed by atoms with Gasteiger partial charge in [0, 0.05) is 12.3 Å². The molecule has 0 saturated carbocycles. The minimum Gasteiger partial charge on any atom is -0.313 e.